The number of rotatable bonds is 2. The van der Waals surface area contributed by atoms with Crippen molar-refractivity contribution in [2.75, 3.05) is 6.54 Å². The maximum atomic E-state index is 5.93. The zero-order valence-electron chi connectivity index (χ0n) is 8.57. The van der Waals surface area contributed by atoms with Crippen LogP contribution in [0.1, 0.15) is 37.6 Å². The molecule has 3 nitrogen and oxygen atoms in total. The van der Waals surface area contributed by atoms with Gasteiger partial charge in [-0.3, -0.25) is 0 Å². The molecule has 0 spiro atoms. The smallest absolute Gasteiger partial charge is 0.129 e. The Morgan fingerprint density at radius 1 is 1.71 bits per heavy atom. The minimum absolute atomic E-state index is 0.138. The predicted octanol–water partition coefficient (Wildman–Crippen LogP) is 1.94. The number of nitrogens with zero attached hydrogens (tertiary/aromatic N) is 2. The van der Waals surface area contributed by atoms with Gasteiger partial charge in [-0.2, -0.15) is 4.37 Å². The summed E-state index contributed by atoms with van der Waals surface area (Å²) in [6.45, 7) is 3.02. The standard InChI is InChI=1S/C10H17N3S/c1-8-3-2-4-10(5-8,6-11)9-12-7-13-14-9/h7-8H,2-6,11H2,1H3. The molecule has 0 bridgehead atoms. The Hall–Kier alpha value is -0.480. The van der Waals surface area contributed by atoms with Crippen LogP contribution < -0.4 is 5.73 Å². The molecule has 2 atom stereocenters. The lowest BCUT2D eigenvalue weighted by Crippen LogP contribution is -2.39. The van der Waals surface area contributed by atoms with Gasteiger partial charge in [-0.1, -0.05) is 19.8 Å². The van der Waals surface area contributed by atoms with E-state index in [9.17, 15) is 0 Å². The van der Waals surface area contributed by atoms with E-state index in [-0.39, 0.29) is 5.41 Å². The zero-order valence-corrected chi connectivity index (χ0v) is 9.39. The summed E-state index contributed by atoms with van der Waals surface area (Å²) in [6.07, 6.45) is 6.62. The van der Waals surface area contributed by atoms with Crippen LogP contribution >= 0.6 is 11.5 Å². The van der Waals surface area contributed by atoms with Gasteiger partial charge in [0.15, 0.2) is 0 Å². The van der Waals surface area contributed by atoms with Crippen LogP contribution in [0.15, 0.2) is 6.33 Å². The third-order valence-corrected chi connectivity index (χ3v) is 4.21. The summed E-state index contributed by atoms with van der Waals surface area (Å²) in [5.74, 6) is 0.774. The van der Waals surface area contributed by atoms with Crippen molar-refractivity contribution in [1.29, 1.82) is 0 Å². The first-order chi connectivity index (χ1) is 6.77. The summed E-state index contributed by atoms with van der Waals surface area (Å²) in [5.41, 5.74) is 6.07. The summed E-state index contributed by atoms with van der Waals surface area (Å²) in [4.78, 5) is 4.34. The molecule has 0 radical (unpaired) electrons. The highest BCUT2D eigenvalue weighted by molar-refractivity contribution is 7.05. The Labute approximate surface area is 88.9 Å². The fourth-order valence-corrected chi connectivity index (χ4v) is 3.28. The predicted molar refractivity (Wildman–Crippen MR) is 58.3 cm³/mol. The molecule has 4 heteroatoms. The first-order valence-corrected chi connectivity index (χ1v) is 6.01. The average molecular weight is 211 g/mol. The second-order valence-corrected chi connectivity index (χ2v) is 5.21. The molecular weight excluding hydrogens is 194 g/mol. The summed E-state index contributed by atoms with van der Waals surface area (Å²) in [7, 11) is 0. The first-order valence-electron chi connectivity index (χ1n) is 5.24. The molecule has 1 fully saturated rings. The van der Waals surface area contributed by atoms with Gasteiger partial charge in [0.2, 0.25) is 0 Å². The van der Waals surface area contributed by atoms with Gasteiger partial charge in [-0.25, -0.2) is 4.98 Å². The van der Waals surface area contributed by atoms with Gasteiger partial charge in [0.05, 0.1) is 0 Å². The molecule has 1 aliphatic carbocycles. The Balaban J connectivity index is 2.25. The van der Waals surface area contributed by atoms with Crippen molar-refractivity contribution in [3.05, 3.63) is 11.3 Å². The maximum Gasteiger partial charge on any atom is 0.129 e. The maximum absolute atomic E-state index is 5.93. The molecule has 2 unspecified atom stereocenters. The lowest BCUT2D eigenvalue weighted by Gasteiger charge is -2.37. The van der Waals surface area contributed by atoms with Crippen molar-refractivity contribution in [2.45, 2.75) is 38.0 Å². The fraction of sp³-hybridized carbons (Fsp3) is 0.800. The molecular formula is C10H17N3S. The van der Waals surface area contributed by atoms with Crippen LogP contribution in [0, 0.1) is 5.92 Å². The van der Waals surface area contributed by atoms with Gasteiger partial charge < -0.3 is 5.73 Å². The average Bonchev–Trinajstić information content (AvgIpc) is 2.71. The second kappa shape index (κ2) is 3.95. The van der Waals surface area contributed by atoms with Crippen LogP contribution in [0.3, 0.4) is 0 Å². The third kappa shape index (κ3) is 1.68. The summed E-state index contributed by atoms with van der Waals surface area (Å²) < 4.78 is 4.09. The van der Waals surface area contributed by atoms with E-state index in [0.717, 1.165) is 10.9 Å². The van der Waals surface area contributed by atoms with Crippen LogP contribution in [0.4, 0.5) is 0 Å². The molecule has 0 amide bonds. The van der Waals surface area contributed by atoms with Crippen molar-refractivity contribution in [1.82, 2.24) is 9.36 Å². The molecule has 0 saturated heterocycles. The Morgan fingerprint density at radius 2 is 2.57 bits per heavy atom. The molecule has 0 aromatic carbocycles. The number of nitrogens with two attached hydrogens (primary N) is 1. The monoisotopic (exact) mass is 211 g/mol. The Bertz CT molecular complexity index is 286. The lowest BCUT2D eigenvalue weighted by atomic mass is 9.70. The van der Waals surface area contributed by atoms with Crippen molar-refractivity contribution in [2.24, 2.45) is 11.7 Å². The molecule has 1 aromatic rings. The van der Waals surface area contributed by atoms with Crippen molar-refractivity contribution in [3.8, 4) is 0 Å². The molecule has 1 aliphatic rings. The third-order valence-electron chi connectivity index (χ3n) is 3.30. The second-order valence-electron chi connectivity index (χ2n) is 4.43. The number of aromatic nitrogens is 2. The van der Waals surface area contributed by atoms with Gasteiger partial charge >= 0.3 is 0 Å². The van der Waals surface area contributed by atoms with Crippen molar-refractivity contribution in [3.63, 3.8) is 0 Å². The van der Waals surface area contributed by atoms with Gasteiger partial charge in [0.1, 0.15) is 11.3 Å². The minimum atomic E-state index is 0.138. The van der Waals surface area contributed by atoms with Gasteiger partial charge in [0, 0.05) is 12.0 Å². The fourth-order valence-electron chi connectivity index (χ4n) is 2.53. The highest BCUT2D eigenvalue weighted by Crippen LogP contribution is 2.41. The zero-order chi connectivity index (χ0) is 10.0. The van der Waals surface area contributed by atoms with E-state index in [1.807, 2.05) is 0 Å². The van der Waals surface area contributed by atoms with Crippen LogP contribution in [-0.2, 0) is 5.41 Å². The van der Waals surface area contributed by atoms with E-state index in [1.165, 1.54) is 37.2 Å². The number of hydrogen-bond acceptors (Lipinski definition) is 4. The molecule has 14 heavy (non-hydrogen) atoms. The van der Waals surface area contributed by atoms with E-state index < -0.39 is 0 Å². The van der Waals surface area contributed by atoms with Crippen molar-refractivity contribution < 1.29 is 0 Å². The van der Waals surface area contributed by atoms with Crippen LogP contribution in [0.2, 0.25) is 0 Å². The van der Waals surface area contributed by atoms with Crippen LogP contribution in [0.25, 0.3) is 0 Å². The van der Waals surface area contributed by atoms with E-state index in [4.69, 9.17) is 5.73 Å². The molecule has 2 N–H and O–H groups in total. The topological polar surface area (TPSA) is 51.8 Å². The SMILES string of the molecule is CC1CCCC(CN)(c2ncns2)C1. The van der Waals surface area contributed by atoms with Crippen LogP contribution in [0.5, 0.6) is 0 Å². The molecule has 0 aliphatic heterocycles. The quantitative estimate of drug-likeness (QED) is 0.813. The van der Waals surface area contributed by atoms with Gasteiger partial charge in [-0.05, 0) is 30.3 Å². The van der Waals surface area contributed by atoms with E-state index in [2.05, 4.69) is 16.3 Å². The molecule has 2 rings (SSSR count). The van der Waals surface area contributed by atoms with Crippen LogP contribution in [-0.4, -0.2) is 15.9 Å². The van der Waals surface area contributed by atoms with E-state index in [1.54, 1.807) is 6.33 Å². The Morgan fingerprint density at radius 3 is 3.14 bits per heavy atom. The highest BCUT2D eigenvalue weighted by atomic mass is 32.1. The minimum Gasteiger partial charge on any atom is -0.329 e. The molecule has 78 valence electrons. The van der Waals surface area contributed by atoms with E-state index >= 15 is 0 Å². The van der Waals surface area contributed by atoms with E-state index in [0.29, 0.717) is 6.54 Å². The van der Waals surface area contributed by atoms with Gasteiger partial charge in [-0.15, -0.1) is 0 Å². The molecule has 1 saturated carbocycles. The van der Waals surface area contributed by atoms with Crippen molar-refractivity contribution >= 4 is 11.5 Å². The summed E-state index contributed by atoms with van der Waals surface area (Å²) in [6, 6.07) is 0. The normalized spacial score (nSPS) is 33.1. The molecule has 1 heterocycles. The summed E-state index contributed by atoms with van der Waals surface area (Å²) >= 11 is 1.51. The largest absolute Gasteiger partial charge is 0.329 e. The lowest BCUT2D eigenvalue weighted by molar-refractivity contribution is 0.238. The number of hydrogen-bond donors (Lipinski definition) is 1. The molecule has 1 aromatic heterocycles. The van der Waals surface area contributed by atoms with Gasteiger partial charge in [0.25, 0.3) is 0 Å². The highest BCUT2D eigenvalue weighted by Gasteiger charge is 2.37. The first kappa shape index (κ1) is 10.1. The summed E-state index contributed by atoms with van der Waals surface area (Å²) in [5, 5.41) is 1.14. The Kier molecular flexibility index (Phi) is 2.83.